The van der Waals surface area contributed by atoms with Gasteiger partial charge in [0.15, 0.2) is 0 Å². The van der Waals surface area contributed by atoms with Crippen molar-refractivity contribution in [2.45, 2.75) is 45.6 Å². The van der Waals surface area contributed by atoms with Crippen molar-refractivity contribution < 1.29 is 4.79 Å². The first-order chi connectivity index (χ1) is 17.6. The third kappa shape index (κ3) is 6.60. The lowest BCUT2D eigenvalue weighted by molar-refractivity contribution is -0.117. The molecule has 1 amide bonds. The smallest absolute Gasteiger partial charge is 0.238 e. The molecule has 0 bridgehead atoms. The van der Waals surface area contributed by atoms with E-state index in [4.69, 9.17) is 6.42 Å². The fourth-order valence-corrected chi connectivity index (χ4v) is 4.92. The van der Waals surface area contributed by atoms with Gasteiger partial charge in [0.2, 0.25) is 5.91 Å². The Hall–Kier alpha value is -3.47. The lowest BCUT2D eigenvalue weighted by atomic mass is 10.0. The first kappa shape index (κ1) is 25.6. The van der Waals surface area contributed by atoms with Gasteiger partial charge < -0.3 is 10.6 Å². The lowest BCUT2D eigenvalue weighted by Gasteiger charge is -2.39. The fraction of sp³-hybridized carbons (Fsp3) is 0.414. The van der Waals surface area contributed by atoms with E-state index in [9.17, 15) is 4.79 Å². The number of carbonyl (C=O) groups excluding carboxylic acids is 1. The second-order valence-electron chi connectivity index (χ2n) is 9.40. The van der Waals surface area contributed by atoms with E-state index in [2.05, 4.69) is 50.2 Å². The average Bonchev–Trinajstić information content (AvgIpc) is 2.89. The first-order valence-corrected chi connectivity index (χ1v) is 12.9. The van der Waals surface area contributed by atoms with Crippen LogP contribution in [0.25, 0.3) is 10.9 Å². The topological polar surface area (TPSA) is 73.4 Å². The van der Waals surface area contributed by atoms with Gasteiger partial charge in [0.05, 0.1) is 12.1 Å². The largest absolute Gasteiger partial charge is 0.340 e. The van der Waals surface area contributed by atoms with Gasteiger partial charge in [-0.3, -0.25) is 14.6 Å². The normalized spacial score (nSPS) is 14.6. The molecule has 1 aliphatic heterocycles. The summed E-state index contributed by atoms with van der Waals surface area (Å²) in [5.41, 5.74) is 3.16. The second-order valence-corrected chi connectivity index (χ2v) is 9.40. The van der Waals surface area contributed by atoms with Crippen molar-refractivity contribution in [3.05, 3.63) is 54.4 Å². The molecule has 1 aromatic heterocycles. The third-order valence-corrected chi connectivity index (χ3v) is 6.75. The van der Waals surface area contributed by atoms with E-state index < -0.39 is 0 Å². The SMILES string of the molecule is C#Cc1cccc(Nc2ncnc3ccc(NC(=O)CN4CCN(C(CCC)CCC)CC4)cc23)c1. The van der Waals surface area contributed by atoms with Gasteiger partial charge in [0, 0.05) is 54.5 Å². The molecule has 2 N–H and O–H groups in total. The number of anilines is 3. The molecule has 4 rings (SSSR count). The summed E-state index contributed by atoms with van der Waals surface area (Å²) in [7, 11) is 0. The van der Waals surface area contributed by atoms with Crippen molar-refractivity contribution in [3.63, 3.8) is 0 Å². The summed E-state index contributed by atoms with van der Waals surface area (Å²) in [6.45, 7) is 8.83. The molecule has 1 saturated heterocycles. The lowest BCUT2D eigenvalue weighted by Crippen LogP contribution is -2.51. The number of amides is 1. The van der Waals surface area contributed by atoms with Crippen molar-refractivity contribution in [2.75, 3.05) is 43.4 Å². The number of benzene rings is 2. The molecule has 1 aliphatic rings. The van der Waals surface area contributed by atoms with Crippen LogP contribution < -0.4 is 10.6 Å². The summed E-state index contributed by atoms with van der Waals surface area (Å²) in [6.07, 6.45) is 12.0. The van der Waals surface area contributed by atoms with E-state index in [1.54, 1.807) is 0 Å². The molecule has 7 heteroatoms. The molecular weight excluding hydrogens is 448 g/mol. The van der Waals surface area contributed by atoms with Gasteiger partial charge in [-0.15, -0.1) is 6.42 Å². The molecule has 0 atom stereocenters. The van der Waals surface area contributed by atoms with Crippen LogP contribution >= 0.6 is 0 Å². The van der Waals surface area contributed by atoms with Crippen molar-refractivity contribution in [1.29, 1.82) is 0 Å². The molecule has 0 radical (unpaired) electrons. The van der Waals surface area contributed by atoms with E-state index >= 15 is 0 Å². The van der Waals surface area contributed by atoms with Crippen LogP contribution in [0.5, 0.6) is 0 Å². The van der Waals surface area contributed by atoms with Crippen LogP contribution in [-0.2, 0) is 4.79 Å². The predicted octanol–water partition coefficient (Wildman–Crippen LogP) is 4.88. The fourth-order valence-electron chi connectivity index (χ4n) is 4.92. The number of carbonyl (C=O) groups is 1. The van der Waals surface area contributed by atoms with E-state index in [-0.39, 0.29) is 5.91 Å². The number of aromatic nitrogens is 2. The number of hydrogen-bond acceptors (Lipinski definition) is 6. The van der Waals surface area contributed by atoms with Crippen LogP contribution in [0.15, 0.2) is 48.8 Å². The molecular formula is C29H36N6O. The maximum absolute atomic E-state index is 12.9. The molecule has 2 heterocycles. The number of piperazine rings is 1. The molecule has 0 spiro atoms. The van der Waals surface area contributed by atoms with E-state index in [0.717, 1.165) is 54.0 Å². The maximum Gasteiger partial charge on any atom is 0.238 e. The Balaban J connectivity index is 1.38. The minimum absolute atomic E-state index is 0.00505. The Morgan fingerprint density at radius 2 is 1.81 bits per heavy atom. The Morgan fingerprint density at radius 1 is 1.03 bits per heavy atom. The number of fused-ring (bicyclic) bond motifs is 1. The third-order valence-electron chi connectivity index (χ3n) is 6.75. The molecule has 7 nitrogen and oxygen atoms in total. The molecule has 0 aliphatic carbocycles. The Bertz CT molecular complexity index is 1210. The quantitative estimate of drug-likeness (QED) is 0.400. The predicted molar refractivity (Wildman–Crippen MR) is 147 cm³/mol. The van der Waals surface area contributed by atoms with E-state index in [1.807, 2.05) is 42.5 Å². The van der Waals surface area contributed by atoms with E-state index in [1.165, 1.54) is 32.0 Å². The maximum atomic E-state index is 12.9. The highest BCUT2D eigenvalue weighted by molar-refractivity contribution is 5.97. The monoisotopic (exact) mass is 484 g/mol. The minimum Gasteiger partial charge on any atom is -0.340 e. The summed E-state index contributed by atoms with van der Waals surface area (Å²) >= 11 is 0. The summed E-state index contributed by atoms with van der Waals surface area (Å²) in [5.74, 6) is 3.30. The van der Waals surface area contributed by atoms with Crippen LogP contribution in [0.3, 0.4) is 0 Å². The van der Waals surface area contributed by atoms with Crippen LogP contribution in [0, 0.1) is 12.3 Å². The first-order valence-electron chi connectivity index (χ1n) is 12.9. The second kappa shape index (κ2) is 12.5. The zero-order chi connectivity index (χ0) is 25.3. The van der Waals surface area contributed by atoms with Crippen LogP contribution in [0.1, 0.15) is 45.1 Å². The number of terminal acetylenes is 1. The van der Waals surface area contributed by atoms with Gasteiger partial charge in [0.1, 0.15) is 12.1 Å². The summed E-state index contributed by atoms with van der Waals surface area (Å²) in [6, 6.07) is 14.0. The van der Waals surface area contributed by atoms with Gasteiger partial charge in [-0.25, -0.2) is 9.97 Å². The summed E-state index contributed by atoms with van der Waals surface area (Å²) in [4.78, 5) is 26.5. The number of nitrogens with zero attached hydrogens (tertiary/aromatic N) is 4. The highest BCUT2D eigenvalue weighted by Crippen LogP contribution is 2.26. The summed E-state index contributed by atoms with van der Waals surface area (Å²) < 4.78 is 0. The number of rotatable bonds is 10. The summed E-state index contributed by atoms with van der Waals surface area (Å²) in [5, 5.41) is 7.21. The molecule has 1 fully saturated rings. The molecule has 3 aromatic rings. The Morgan fingerprint density at radius 3 is 2.53 bits per heavy atom. The molecule has 188 valence electrons. The van der Waals surface area contributed by atoms with Crippen molar-refractivity contribution in [1.82, 2.24) is 19.8 Å². The standard InChI is InChI=1S/C29H36N6O/c1-4-8-25(9-5-2)35-16-14-34(15-17-35)20-28(36)32-24-12-13-27-26(19-24)29(31-21-30-27)33-23-11-7-10-22(6-3)18-23/h3,7,10-13,18-19,21,25H,4-5,8-9,14-17,20H2,1-2H3,(H,32,36)(H,30,31,33). The van der Waals surface area contributed by atoms with Crippen LogP contribution in [0.2, 0.25) is 0 Å². The van der Waals surface area contributed by atoms with Gasteiger partial charge >= 0.3 is 0 Å². The van der Waals surface area contributed by atoms with Gasteiger partial charge in [-0.2, -0.15) is 0 Å². The van der Waals surface area contributed by atoms with E-state index in [0.29, 0.717) is 18.4 Å². The molecule has 0 saturated carbocycles. The van der Waals surface area contributed by atoms with Gasteiger partial charge in [-0.05, 0) is 49.2 Å². The van der Waals surface area contributed by atoms with Crippen molar-refractivity contribution in [3.8, 4) is 12.3 Å². The van der Waals surface area contributed by atoms with Crippen molar-refractivity contribution >= 4 is 34.0 Å². The Kier molecular flexibility index (Phi) is 8.88. The highest BCUT2D eigenvalue weighted by Gasteiger charge is 2.24. The van der Waals surface area contributed by atoms with Crippen molar-refractivity contribution in [2.24, 2.45) is 0 Å². The minimum atomic E-state index is -0.00505. The van der Waals surface area contributed by atoms with Crippen LogP contribution in [0.4, 0.5) is 17.2 Å². The van der Waals surface area contributed by atoms with Gasteiger partial charge in [-0.1, -0.05) is 38.7 Å². The number of nitrogens with one attached hydrogen (secondary N) is 2. The Labute approximate surface area is 214 Å². The molecule has 2 aromatic carbocycles. The number of hydrogen-bond donors (Lipinski definition) is 2. The van der Waals surface area contributed by atoms with Crippen LogP contribution in [-0.4, -0.2) is 64.4 Å². The molecule has 0 unspecified atom stereocenters. The molecule has 36 heavy (non-hydrogen) atoms. The zero-order valence-corrected chi connectivity index (χ0v) is 21.3. The zero-order valence-electron chi connectivity index (χ0n) is 21.3. The highest BCUT2D eigenvalue weighted by atomic mass is 16.2. The average molecular weight is 485 g/mol. The van der Waals surface area contributed by atoms with Gasteiger partial charge in [0.25, 0.3) is 0 Å².